The molecule has 1 heterocycles. The lowest BCUT2D eigenvalue weighted by atomic mass is 9.89. The molecule has 2 aromatic carbocycles. The number of hydrogen-bond donors (Lipinski definition) is 2. The van der Waals surface area contributed by atoms with E-state index < -0.39 is 0 Å². The van der Waals surface area contributed by atoms with Crippen LogP contribution in [0.1, 0.15) is 36.6 Å². The van der Waals surface area contributed by atoms with Crippen LogP contribution in [0.3, 0.4) is 0 Å². The van der Waals surface area contributed by atoms with E-state index in [1.165, 1.54) is 5.56 Å². The van der Waals surface area contributed by atoms with Crippen LogP contribution in [-0.2, 0) is 6.42 Å². The van der Waals surface area contributed by atoms with Gasteiger partial charge >= 0.3 is 0 Å². The van der Waals surface area contributed by atoms with Gasteiger partial charge in [0.05, 0.1) is 19.3 Å². The third-order valence-corrected chi connectivity index (χ3v) is 4.11. The first-order chi connectivity index (χ1) is 11.2. The van der Waals surface area contributed by atoms with Crippen LogP contribution >= 0.6 is 12.4 Å². The van der Waals surface area contributed by atoms with Crippen LogP contribution in [0, 0.1) is 0 Å². The molecule has 4 nitrogen and oxygen atoms in total. The fourth-order valence-corrected chi connectivity index (χ4v) is 3.11. The lowest BCUT2D eigenvalue weighted by Crippen LogP contribution is -2.30. The van der Waals surface area contributed by atoms with Gasteiger partial charge in [0.15, 0.2) is 11.5 Å². The van der Waals surface area contributed by atoms with E-state index in [4.69, 9.17) is 9.47 Å². The minimum Gasteiger partial charge on any atom is -0.508 e. The second-order valence-corrected chi connectivity index (χ2v) is 5.56. The van der Waals surface area contributed by atoms with E-state index in [9.17, 15) is 5.11 Å². The van der Waals surface area contributed by atoms with Crippen molar-refractivity contribution in [1.82, 2.24) is 5.32 Å². The van der Waals surface area contributed by atoms with E-state index in [0.717, 1.165) is 35.6 Å². The number of rotatable bonds is 5. The number of ether oxygens (including phenoxy) is 2. The number of para-hydroxylation sites is 1. The molecule has 2 N–H and O–H groups in total. The van der Waals surface area contributed by atoms with Gasteiger partial charge in [0.2, 0.25) is 0 Å². The van der Waals surface area contributed by atoms with Crippen molar-refractivity contribution in [3.63, 3.8) is 0 Å². The fraction of sp³-hybridized carbons (Fsp3) is 0.368. The van der Waals surface area contributed by atoms with Crippen LogP contribution in [0.15, 0.2) is 36.4 Å². The Bertz CT molecular complexity index is 690. The molecule has 24 heavy (non-hydrogen) atoms. The lowest BCUT2D eigenvalue weighted by molar-refractivity contribution is 0.286. The van der Waals surface area contributed by atoms with Crippen molar-refractivity contribution in [3.05, 3.63) is 53.1 Å². The van der Waals surface area contributed by atoms with Crippen molar-refractivity contribution in [2.24, 2.45) is 0 Å². The van der Waals surface area contributed by atoms with Crippen LogP contribution < -0.4 is 14.8 Å². The zero-order chi connectivity index (χ0) is 16.2. The van der Waals surface area contributed by atoms with Gasteiger partial charge in [0.1, 0.15) is 5.75 Å². The smallest absolute Gasteiger partial charge is 0.161 e. The van der Waals surface area contributed by atoms with Gasteiger partial charge in [-0.25, -0.2) is 0 Å². The zero-order valence-electron chi connectivity index (χ0n) is 14.0. The highest BCUT2D eigenvalue weighted by molar-refractivity contribution is 5.85. The molecule has 0 spiro atoms. The summed E-state index contributed by atoms with van der Waals surface area (Å²) in [5, 5.41) is 13.7. The number of hydrogen-bond acceptors (Lipinski definition) is 4. The number of fused-ring (bicyclic) bond motifs is 1. The molecule has 0 saturated carbocycles. The molecule has 1 atom stereocenters. The average Bonchev–Trinajstić information content (AvgIpc) is 2.56. The summed E-state index contributed by atoms with van der Waals surface area (Å²) < 4.78 is 11.5. The summed E-state index contributed by atoms with van der Waals surface area (Å²) in [5.41, 5.74) is 3.27. The summed E-state index contributed by atoms with van der Waals surface area (Å²) >= 11 is 0. The highest BCUT2D eigenvalue weighted by Crippen LogP contribution is 2.39. The summed E-state index contributed by atoms with van der Waals surface area (Å²) in [6, 6.07) is 11.6. The summed E-state index contributed by atoms with van der Waals surface area (Å²) in [5.74, 6) is 1.87. The first kappa shape index (κ1) is 18.4. The maximum Gasteiger partial charge on any atom is 0.161 e. The van der Waals surface area contributed by atoms with E-state index in [1.807, 2.05) is 38.1 Å². The second-order valence-electron chi connectivity index (χ2n) is 5.56. The molecule has 0 saturated heterocycles. The molecule has 0 aromatic heterocycles. The number of aromatic hydroxyl groups is 1. The Kier molecular flexibility index (Phi) is 6.35. The summed E-state index contributed by atoms with van der Waals surface area (Å²) in [6.07, 6.45) is 0.936. The monoisotopic (exact) mass is 349 g/mol. The number of phenolic OH excluding ortho intramolecular Hbond substituents is 1. The molecule has 0 amide bonds. The lowest BCUT2D eigenvalue weighted by Gasteiger charge is -2.29. The van der Waals surface area contributed by atoms with E-state index in [-0.39, 0.29) is 18.4 Å². The maximum atomic E-state index is 10.2. The second kappa shape index (κ2) is 8.27. The zero-order valence-corrected chi connectivity index (χ0v) is 14.9. The molecule has 130 valence electrons. The van der Waals surface area contributed by atoms with Gasteiger partial charge in [0, 0.05) is 12.1 Å². The van der Waals surface area contributed by atoms with Crippen molar-refractivity contribution in [2.75, 3.05) is 19.8 Å². The summed E-state index contributed by atoms with van der Waals surface area (Å²) in [7, 11) is 0. The van der Waals surface area contributed by atoms with Crippen molar-refractivity contribution in [1.29, 1.82) is 0 Å². The Morgan fingerprint density at radius 2 is 1.71 bits per heavy atom. The molecular weight excluding hydrogens is 326 g/mol. The maximum absolute atomic E-state index is 10.2. The van der Waals surface area contributed by atoms with Crippen LogP contribution in [0.5, 0.6) is 17.2 Å². The molecule has 2 aromatic rings. The van der Waals surface area contributed by atoms with Gasteiger partial charge in [-0.05, 0) is 49.6 Å². The van der Waals surface area contributed by atoms with Gasteiger partial charge in [0.25, 0.3) is 0 Å². The number of benzene rings is 2. The summed E-state index contributed by atoms with van der Waals surface area (Å²) in [6.45, 7) is 6.01. The molecule has 5 heteroatoms. The Hall–Kier alpha value is -1.91. The predicted molar refractivity (Wildman–Crippen MR) is 97.7 cm³/mol. The molecule has 3 rings (SSSR count). The standard InChI is InChI=1S/C19H23NO3.ClH/c1-3-22-17-11-13-9-10-20-19(14-7-5-6-8-16(14)21)15(13)12-18(17)23-4-2;/h5-8,11-12,19-21H,3-4,9-10H2,1-2H3;1H. The predicted octanol–water partition coefficient (Wildman–Crippen LogP) is 3.85. The van der Waals surface area contributed by atoms with Crippen molar-refractivity contribution < 1.29 is 14.6 Å². The molecule has 0 radical (unpaired) electrons. The normalized spacial score (nSPS) is 16.0. The minimum atomic E-state index is -0.0326. The molecule has 0 bridgehead atoms. The third kappa shape index (κ3) is 3.60. The number of halogens is 1. The van der Waals surface area contributed by atoms with Gasteiger partial charge < -0.3 is 19.9 Å². The third-order valence-electron chi connectivity index (χ3n) is 4.11. The number of phenols is 1. The van der Waals surface area contributed by atoms with Crippen LogP contribution in [-0.4, -0.2) is 24.9 Å². The Morgan fingerprint density at radius 1 is 1.04 bits per heavy atom. The first-order valence-corrected chi connectivity index (χ1v) is 8.18. The average molecular weight is 350 g/mol. The van der Waals surface area contributed by atoms with Crippen molar-refractivity contribution >= 4 is 12.4 Å². The van der Waals surface area contributed by atoms with Crippen LogP contribution in [0.2, 0.25) is 0 Å². The Morgan fingerprint density at radius 3 is 2.38 bits per heavy atom. The highest BCUT2D eigenvalue weighted by Gasteiger charge is 2.25. The van der Waals surface area contributed by atoms with Crippen LogP contribution in [0.25, 0.3) is 0 Å². The Labute approximate surface area is 149 Å². The van der Waals surface area contributed by atoms with Crippen molar-refractivity contribution in [2.45, 2.75) is 26.3 Å². The largest absolute Gasteiger partial charge is 0.508 e. The van der Waals surface area contributed by atoms with E-state index in [2.05, 4.69) is 11.4 Å². The molecule has 0 aliphatic carbocycles. The van der Waals surface area contributed by atoms with Gasteiger partial charge in [-0.1, -0.05) is 18.2 Å². The molecular formula is C19H24ClNO3. The van der Waals surface area contributed by atoms with E-state index in [1.54, 1.807) is 6.07 Å². The van der Waals surface area contributed by atoms with Crippen LogP contribution in [0.4, 0.5) is 0 Å². The minimum absolute atomic E-state index is 0. The topological polar surface area (TPSA) is 50.7 Å². The van der Waals surface area contributed by atoms with Gasteiger partial charge in [-0.3, -0.25) is 0 Å². The summed E-state index contributed by atoms with van der Waals surface area (Å²) in [4.78, 5) is 0. The first-order valence-electron chi connectivity index (χ1n) is 8.18. The Balaban J connectivity index is 0.00000208. The molecule has 0 fully saturated rings. The van der Waals surface area contributed by atoms with Gasteiger partial charge in [-0.15, -0.1) is 12.4 Å². The molecule has 1 aliphatic heterocycles. The fourth-order valence-electron chi connectivity index (χ4n) is 3.11. The van der Waals surface area contributed by atoms with E-state index in [0.29, 0.717) is 19.0 Å². The quantitative estimate of drug-likeness (QED) is 0.861. The SMILES string of the molecule is CCOc1cc2c(cc1OCC)C(c1ccccc1O)NCC2.Cl. The number of nitrogens with one attached hydrogen (secondary N) is 1. The van der Waals surface area contributed by atoms with Crippen molar-refractivity contribution in [3.8, 4) is 17.2 Å². The van der Waals surface area contributed by atoms with Gasteiger partial charge in [-0.2, -0.15) is 0 Å². The van der Waals surface area contributed by atoms with E-state index >= 15 is 0 Å². The highest BCUT2D eigenvalue weighted by atomic mass is 35.5. The molecule has 1 aliphatic rings. The molecule has 1 unspecified atom stereocenters.